The van der Waals surface area contributed by atoms with Crippen molar-refractivity contribution in [2.45, 2.75) is 4.90 Å². The minimum Gasteiger partial charge on any atom is -0.332 e. The van der Waals surface area contributed by atoms with Gasteiger partial charge in [0.1, 0.15) is 0 Å². The van der Waals surface area contributed by atoms with Gasteiger partial charge in [-0.15, -0.1) is 10.2 Å². The summed E-state index contributed by atoms with van der Waals surface area (Å²) in [5, 5.41) is 14.3. The summed E-state index contributed by atoms with van der Waals surface area (Å²) in [5.74, 6) is 0.0681. The largest absolute Gasteiger partial charge is 0.332 e. The molecule has 0 unspecified atom stereocenters. The first kappa shape index (κ1) is 20.3. The Labute approximate surface area is 177 Å². The van der Waals surface area contributed by atoms with Gasteiger partial charge in [-0.25, -0.2) is 8.42 Å². The normalized spacial score (nSPS) is 10.9. The third kappa shape index (κ3) is 5.52. The summed E-state index contributed by atoms with van der Waals surface area (Å²) in [4.78, 5) is 0.0588. The van der Waals surface area contributed by atoms with Crippen molar-refractivity contribution < 1.29 is 8.42 Å². The van der Waals surface area contributed by atoms with Crippen molar-refractivity contribution in [1.82, 2.24) is 10.2 Å². The van der Waals surface area contributed by atoms with Crippen LogP contribution in [-0.4, -0.2) is 23.7 Å². The van der Waals surface area contributed by atoms with Crippen LogP contribution in [0.15, 0.2) is 65.6 Å². The van der Waals surface area contributed by atoms with Gasteiger partial charge in [0.05, 0.1) is 4.90 Å². The SMILES string of the molecule is O=S(=O)(Nc1ccc(Cl)nn1)c1ccc(NC(=S)Nc2cccc(Cl)c2)cc1. The van der Waals surface area contributed by atoms with Crippen molar-refractivity contribution in [3.05, 3.63) is 70.8 Å². The molecule has 0 radical (unpaired) electrons. The molecule has 0 aliphatic heterocycles. The maximum Gasteiger partial charge on any atom is 0.263 e. The molecule has 0 bridgehead atoms. The fraction of sp³-hybridized carbons (Fsp3) is 0. The average Bonchev–Trinajstić information content (AvgIpc) is 2.64. The van der Waals surface area contributed by atoms with E-state index in [0.717, 1.165) is 5.69 Å². The molecule has 3 N–H and O–H groups in total. The minimum atomic E-state index is -3.81. The molecule has 28 heavy (non-hydrogen) atoms. The van der Waals surface area contributed by atoms with Gasteiger partial charge in [-0.1, -0.05) is 29.3 Å². The van der Waals surface area contributed by atoms with Gasteiger partial charge in [-0.2, -0.15) is 0 Å². The number of hydrogen-bond donors (Lipinski definition) is 3. The summed E-state index contributed by atoms with van der Waals surface area (Å²) in [6.45, 7) is 0. The lowest BCUT2D eigenvalue weighted by Gasteiger charge is -2.12. The van der Waals surface area contributed by atoms with Crippen LogP contribution in [0, 0.1) is 0 Å². The molecule has 0 aliphatic rings. The highest BCUT2D eigenvalue weighted by Crippen LogP contribution is 2.19. The van der Waals surface area contributed by atoms with Crippen molar-refractivity contribution in [2.24, 2.45) is 0 Å². The summed E-state index contributed by atoms with van der Waals surface area (Å²) in [7, 11) is -3.81. The van der Waals surface area contributed by atoms with Crippen molar-refractivity contribution in [2.75, 3.05) is 15.4 Å². The quantitative estimate of drug-likeness (QED) is 0.492. The molecule has 0 saturated heterocycles. The number of anilines is 3. The first-order valence-electron chi connectivity index (χ1n) is 7.77. The molecule has 11 heteroatoms. The van der Waals surface area contributed by atoms with Crippen LogP contribution in [0.3, 0.4) is 0 Å². The Morgan fingerprint density at radius 2 is 1.61 bits per heavy atom. The van der Waals surface area contributed by atoms with Crippen LogP contribution in [0.25, 0.3) is 0 Å². The molecule has 0 atom stereocenters. The van der Waals surface area contributed by atoms with Gasteiger partial charge in [0, 0.05) is 16.4 Å². The van der Waals surface area contributed by atoms with E-state index in [-0.39, 0.29) is 15.9 Å². The van der Waals surface area contributed by atoms with Crippen LogP contribution in [0.5, 0.6) is 0 Å². The molecule has 0 spiro atoms. The summed E-state index contributed by atoms with van der Waals surface area (Å²) in [6, 6.07) is 16.0. The second kappa shape index (κ2) is 8.70. The van der Waals surface area contributed by atoms with E-state index in [1.54, 1.807) is 30.3 Å². The Hall–Kier alpha value is -2.46. The summed E-state index contributed by atoms with van der Waals surface area (Å²) < 4.78 is 27.1. The molecule has 1 heterocycles. The van der Waals surface area contributed by atoms with Gasteiger partial charge in [0.15, 0.2) is 16.1 Å². The lowest BCUT2D eigenvalue weighted by molar-refractivity contribution is 0.601. The molecule has 3 rings (SSSR count). The number of halogens is 2. The number of aromatic nitrogens is 2. The molecular formula is C17H13Cl2N5O2S2. The van der Waals surface area contributed by atoms with Gasteiger partial charge in [0.25, 0.3) is 10.0 Å². The van der Waals surface area contributed by atoms with E-state index < -0.39 is 10.0 Å². The zero-order valence-corrected chi connectivity index (χ0v) is 17.2. The molecule has 2 aromatic carbocycles. The molecular weight excluding hydrogens is 441 g/mol. The number of thiocarbonyl (C=S) groups is 1. The number of sulfonamides is 1. The van der Waals surface area contributed by atoms with E-state index in [0.29, 0.717) is 15.8 Å². The summed E-state index contributed by atoms with van der Waals surface area (Å²) in [6.07, 6.45) is 0. The molecule has 1 aromatic heterocycles. The molecule has 0 amide bonds. The Bertz CT molecular complexity index is 1090. The number of benzene rings is 2. The van der Waals surface area contributed by atoms with E-state index in [4.69, 9.17) is 35.4 Å². The zero-order valence-electron chi connectivity index (χ0n) is 14.1. The third-order valence-corrected chi connectivity index (χ3v) is 5.39. The summed E-state index contributed by atoms with van der Waals surface area (Å²) in [5.41, 5.74) is 1.35. The highest BCUT2D eigenvalue weighted by Gasteiger charge is 2.15. The average molecular weight is 454 g/mol. The van der Waals surface area contributed by atoms with Crippen molar-refractivity contribution >= 4 is 67.7 Å². The zero-order chi connectivity index (χ0) is 20.1. The fourth-order valence-corrected chi connectivity index (χ4v) is 3.67. The first-order valence-corrected chi connectivity index (χ1v) is 10.4. The topological polar surface area (TPSA) is 96.0 Å². The summed E-state index contributed by atoms with van der Waals surface area (Å²) >= 11 is 16.8. The first-order chi connectivity index (χ1) is 13.3. The molecule has 144 valence electrons. The Morgan fingerprint density at radius 3 is 2.25 bits per heavy atom. The maximum absolute atomic E-state index is 12.4. The molecule has 0 fully saturated rings. The van der Waals surface area contributed by atoms with Crippen LogP contribution < -0.4 is 15.4 Å². The monoisotopic (exact) mass is 453 g/mol. The number of nitrogens with zero attached hydrogens (tertiary/aromatic N) is 2. The van der Waals surface area contributed by atoms with Gasteiger partial charge in [0.2, 0.25) is 0 Å². The van der Waals surface area contributed by atoms with E-state index in [2.05, 4.69) is 25.6 Å². The van der Waals surface area contributed by atoms with Crippen LogP contribution in [0.2, 0.25) is 10.2 Å². The van der Waals surface area contributed by atoms with Crippen LogP contribution in [0.1, 0.15) is 0 Å². The van der Waals surface area contributed by atoms with Crippen LogP contribution >= 0.6 is 35.4 Å². The molecule has 0 saturated carbocycles. The lowest BCUT2D eigenvalue weighted by Crippen LogP contribution is -2.19. The predicted molar refractivity (Wildman–Crippen MR) is 116 cm³/mol. The minimum absolute atomic E-state index is 0.0588. The molecule has 7 nitrogen and oxygen atoms in total. The number of nitrogens with one attached hydrogen (secondary N) is 3. The van der Waals surface area contributed by atoms with Crippen molar-refractivity contribution in [3.8, 4) is 0 Å². The van der Waals surface area contributed by atoms with Gasteiger partial charge >= 0.3 is 0 Å². The Balaban J connectivity index is 1.65. The molecule has 3 aromatic rings. The Morgan fingerprint density at radius 1 is 0.893 bits per heavy atom. The fourth-order valence-electron chi connectivity index (χ4n) is 2.14. The van der Waals surface area contributed by atoms with E-state index in [1.165, 1.54) is 24.3 Å². The van der Waals surface area contributed by atoms with E-state index in [9.17, 15) is 8.42 Å². The highest BCUT2D eigenvalue weighted by molar-refractivity contribution is 7.92. The van der Waals surface area contributed by atoms with Gasteiger partial charge < -0.3 is 10.6 Å². The third-order valence-electron chi connectivity index (χ3n) is 3.38. The Kier molecular flexibility index (Phi) is 6.30. The van der Waals surface area contributed by atoms with E-state index in [1.807, 2.05) is 6.07 Å². The number of rotatable bonds is 5. The van der Waals surface area contributed by atoms with Gasteiger partial charge in [-0.05, 0) is 66.8 Å². The van der Waals surface area contributed by atoms with Crippen molar-refractivity contribution in [1.29, 1.82) is 0 Å². The smallest absolute Gasteiger partial charge is 0.263 e. The second-order valence-corrected chi connectivity index (χ2v) is 8.37. The van der Waals surface area contributed by atoms with Crippen LogP contribution in [0.4, 0.5) is 17.2 Å². The standard InChI is InChI=1S/C17H13Cl2N5O2S2/c18-11-2-1-3-13(10-11)21-17(27)20-12-4-6-14(7-5-12)28(25,26)24-16-9-8-15(19)22-23-16/h1-10H,(H,23,24)(H2,20,21,27). The maximum atomic E-state index is 12.4. The second-order valence-electron chi connectivity index (χ2n) is 5.46. The molecule has 0 aliphatic carbocycles. The predicted octanol–water partition coefficient (Wildman–Crippen LogP) is 4.39. The van der Waals surface area contributed by atoms with Crippen LogP contribution in [-0.2, 0) is 10.0 Å². The van der Waals surface area contributed by atoms with E-state index >= 15 is 0 Å². The van der Waals surface area contributed by atoms with Crippen molar-refractivity contribution in [3.63, 3.8) is 0 Å². The van der Waals surface area contributed by atoms with Gasteiger partial charge in [-0.3, -0.25) is 4.72 Å². The highest BCUT2D eigenvalue weighted by atomic mass is 35.5. The number of hydrogen-bond acceptors (Lipinski definition) is 5. The lowest BCUT2D eigenvalue weighted by atomic mass is 10.3.